The van der Waals surface area contributed by atoms with E-state index in [1.54, 1.807) is 12.1 Å². The third-order valence-electron chi connectivity index (χ3n) is 2.11. The van der Waals surface area contributed by atoms with Gasteiger partial charge in [-0.25, -0.2) is 4.21 Å². The van der Waals surface area contributed by atoms with Gasteiger partial charge in [-0.2, -0.15) is 0 Å². The number of hydrogen-bond donors (Lipinski definition) is 1. The number of aryl methyl sites for hydroxylation is 1. The first-order chi connectivity index (χ1) is 6.54. The van der Waals surface area contributed by atoms with Crippen LogP contribution in [0, 0.1) is 0 Å². The Hall–Kier alpha value is -0.800. The van der Waals surface area contributed by atoms with E-state index >= 15 is 0 Å². The monoisotopic (exact) mass is 212 g/mol. The van der Waals surface area contributed by atoms with E-state index in [4.69, 9.17) is 0 Å². The SMILES string of the molecule is C=S(=O)(O)c1ccc(CCCC)cc1. The van der Waals surface area contributed by atoms with E-state index in [9.17, 15) is 8.76 Å². The van der Waals surface area contributed by atoms with Crippen molar-refractivity contribution in [2.45, 2.75) is 31.1 Å². The van der Waals surface area contributed by atoms with Crippen molar-refractivity contribution in [2.75, 3.05) is 0 Å². The molecule has 0 amide bonds. The molecule has 1 unspecified atom stereocenters. The Morgan fingerprint density at radius 1 is 1.36 bits per heavy atom. The number of hydrogen-bond acceptors (Lipinski definition) is 1. The molecule has 2 nitrogen and oxygen atoms in total. The fraction of sp³-hybridized carbons (Fsp3) is 0.364. The molecular weight excluding hydrogens is 196 g/mol. The van der Waals surface area contributed by atoms with Gasteiger partial charge in [0.25, 0.3) is 0 Å². The zero-order valence-electron chi connectivity index (χ0n) is 8.40. The molecule has 1 rings (SSSR count). The standard InChI is InChI=1S/C11H16O2S/c1-3-4-5-10-6-8-11(9-7-10)14(2,12)13/h6-9H,2-5H2,1H3,(H,12,13). The molecule has 0 heterocycles. The zero-order chi connectivity index (χ0) is 10.6. The summed E-state index contributed by atoms with van der Waals surface area (Å²) in [6.45, 7) is 2.14. The van der Waals surface area contributed by atoms with Crippen LogP contribution in [-0.4, -0.2) is 14.6 Å². The van der Waals surface area contributed by atoms with E-state index in [2.05, 4.69) is 12.8 Å². The zero-order valence-corrected chi connectivity index (χ0v) is 9.22. The summed E-state index contributed by atoms with van der Waals surface area (Å²) in [7, 11) is -3.04. The summed E-state index contributed by atoms with van der Waals surface area (Å²) < 4.78 is 20.3. The van der Waals surface area contributed by atoms with E-state index in [0.717, 1.165) is 19.3 Å². The summed E-state index contributed by atoms with van der Waals surface area (Å²) in [6, 6.07) is 7.15. The van der Waals surface area contributed by atoms with Gasteiger partial charge in [-0.3, -0.25) is 0 Å². The Morgan fingerprint density at radius 3 is 2.36 bits per heavy atom. The highest BCUT2D eigenvalue weighted by molar-refractivity contribution is 7.95. The molecule has 0 aliphatic carbocycles. The smallest absolute Gasteiger partial charge is 0.104 e. The molecule has 0 aromatic heterocycles. The van der Waals surface area contributed by atoms with Crippen molar-refractivity contribution in [3.05, 3.63) is 29.8 Å². The molecule has 78 valence electrons. The molecule has 0 radical (unpaired) electrons. The van der Waals surface area contributed by atoms with Crippen LogP contribution >= 0.6 is 0 Å². The normalized spacial score (nSPS) is 15.0. The van der Waals surface area contributed by atoms with Gasteiger partial charge in [-0.15, -0.1) is 0 Å². The lowest BCUT2D eigenvalue weighted by Gasteiger charge is -2.03. The molecule has 0 bridgehead atoms. The van der Waals surface area contributed by atoms with Crippen LogP contribution in [0.3, 0.4) is 0 Å². The van der Waals surface area contributed by atoms with Crippen molar-refractivity contribution < 1.29 is 8.76 Å². The summed E-state index contributed by atoms with van der Waals surface area (Å²) >= 11 is 0. The minimum absolute atomic E-state index is 0.401. The maximum absolute atomic E-state index is 11.2. The molecule has 0 aliphatic heterocycles. The average Bonchev–Trinajstić information content (AvgIpc) is 2.14. The van der Waals surface area contributed by atoms with Crippen molar-refractivity contribution in [3.8, 4) is 0 Å². The second kappa shape index (κ2) is 4.62. The van der Waals surface area contributed by atoms with Gasteiger partial charge in [0.05, 0.1) is 4.90 Å². The molecule has 0 spiro atoms. The molecule has 1 N–H and O–H groups in total. The summed E-state index contributed by atoms with van der Waals surface area (Å²) in [5.41, 5.74) is 1.21. The molecule has 0 saturated carbocycles. The van der Waals surface area contributed by atoms with Crippen molar-refractivity contribution in [2.24, 2.45) is 0 Å². The van der Waals surface area contributed by atoms with Gasteiger partial charge in [0.2, 0.25) is 0 Å². The average molecular weight is 212 g/mol. The third kappa shape index (κ3) is 3.16. The van der Waals surface area contributed by atoms with Crippen molar-refractivity contribution >= 4 is 15.7 Å². The van der Waals surface area contributed by atoms with Crippen LogP contribution in [0.2, 0.25) is 0 Å². The molecule has 0 fully saturated rings. The van der Waals surface area contributed by atoms with Crippen LogP contribution < -0.4 is 0 Å². The highest BCUT2D eigenvalue weighted by Gasteiger charge is 2.01. The van der Waals surface area contributed by atoms with Crippen molar-refractivity contribution in [3.63, 3.8) is 0 Å². The minimum Gasteiger partial charge on any atom is -0.310 e. The molecule has 0 aliphatic rings. The molecule has 1 atom stereocenters. The molecular formula is C11H16O2S. The van der Waals surface area contributed by atoms with Crippen molar-refractivity contribution in [1.82, 2.24) is 0 Å². The summed E-state index contributed by atoms with van der Waals surface area (Å²) in [4.78, 5) is 0.401. The predicted octanol–water partition coefficient (Wildman–Crippen LogP) is 2.58. The number of rotatable bonds is 4. The summed E-state index contributed by atoms with van der Waals surface area (Å²) in [6.07, 6.45) is 3.34. The van der Waals surface area contributed by atoms with Crippen LogP contribution in [-0.2, 0) is 16.2 Å². The molecule has 14 heavy (non-hydrogen) atoms. The fourth-order valence-corrected chi connectivity index (χ4v) is 1.81. The number of unbranched alkanes of at least 4 members (excludes halogenated alkanes) is 1. The van der Waals surface area contributed by atoms with Gasteiger partial charge in [0.1, 0.15) is 9.80 Å². The Kier molecular flexibility index (Phi) is 3.72. The lowest BCUT2D eigenvalue weighted by Crippen LogP contribution is -1.97. The Morgan fingerprint density at radius 2 is 1.93 bits per heavy atom. The second-order valence-electron chi connectivity index (χ2n) is 3.39. The first-order valence-corrected chi connectivity index (χ1v) is 6.41. The van der Waals surface area contributed by atoms with Crippen LogP contribution in [0.5, 0.6) is 0 Å². The maximum atomic E-state index is 11.2. The van der Waals surface area contributed by atoms with Crippen LogP contribution in [0.25, 0.3) is 0 Å². The minimum atomic E-state index is -3.04. The van der Waals surface area contributed by atoms with Crippen molar-refractivity contribution in [1.29, 1.82) is 0 Å². The molecule has 0 saturated heterocycles. The van der Waals surface area contributed by atoms with E-state index < -0.39 is 9.80 Å². The Balaban J connectivity index is 2.79. The van der Waals surface area contributed by atoms with E-state index in [0.29, 0.717) is 4.90 Å². The Labute approximate surface area is 85.8 Å². The quantitative estimate of drug-likeness (QED) is 0.779. The topological polar surface area (TPSA) is 37.3 Å². The lowest BCUT2D eigenvalue weighted by atomic mass is 10.1. The highest BCUT2D eigenvalue weighted by atomic mass is 32.2. The van der Waals surface area contributed by atoms with Gasteiger partial charge in [0, 0.05) is 0 Å². The molecule has 3 heteroatoms. The van der Waals surface area contributed by atoms with Gasteiger partial charge >= 0.3 is 0 Å². The Bertz CT molecular complexity index is 376. The van der Waals surface area contributed by atoms with Crippen LogP contribution in [0.4, 0.5) is 0 Å². The van der Waals surface area contributed by atoms with Gasteiger partial charge in [-0.1, -0.05) is 25.5 Å². The largest absolute Gasteiger partial charge is 0.310 e. The first-order valence-electron chi connectivity index (χ1n) is 4.72. The predicted molar refractivity (Wildman–Crippen MR) is 61.2 cm³/mol. The second-order valence-corrected chi connectivity index (χ2v) is 5.14. The van der Waals surface area contributed by atoms with Crippen LogP contribution in [0.1, 0.15) is 25.3 Å². The van der Waals surface area contributed by atoms with E-state index in [1.165, 1.54) is 5.56 Å². The van der Waals surface area contributed by atoms with Gasteiger partial charge < -0.3 is 4.55 Å². The fourth-order valence-electron chi connectivity index (χ4n) is 1.25. The van der Waals surface area contributed by atoms with Crippen LogP contribution in [0.15, 0.2) is 29.2 Å². The maximum Gasteiger partial charge on any atom is 0.104 e. The number of benzene rings is 1. The van der Waals surface area contributed by atoms with Gasteiger partial charge in [0.15, 0.2) is 0 Å². The third-order valence-corrected chi connectivity index (χ3v) is 3.12. The highest BCUT2D eigenvalue weighted by Crippen LogP contribution is 2.11. The lowest BCUT2D eigenvalue weighted by molar-refractivity contribution is 0.560. The summed E-state index contributed by atoms with van der Waals surface area (Å²) in [5, 5.41) is 0. The molecule has 1 aromatic rings. The first kappa shape index (κ1) is 11.3. The molecule has 1 aromatic carbocycles. The van der Waals surface area contributed by atoms with Gasteiger partial charge in [-0.05, 0) is 36.4 Å². The van der Waals surface area contributed by atoms with E-state index in [-0.39, 0.29) is 0 Å². The van der Waals surface area contributed by atoms with E-state index in [1.807, 2.05) is 12.1 Å². The summed E-state index contributed by atoms with van der Waals surface area (Å²) in [5.74, 6) is 3.22.